The Bertz CT molecular complexity index is 556. The Morgan fingerprint density at radius 2 is 2.11 bits per heavy atom. The predicted molar refractivity (Wildman–Crippen MR) is 65.9 cm³/mol. The van der Waals surface area contributed by atoms with Crippen molar-refractivity contribution in [3.05, 3.63) is 46.8 Å². The molecular formula is C12H13ClFN3O. The third kappa shape index (κ3) is 2.23. The fraction of sp³-hybridized carbons (Fsp3) is 0.333. The highest BCUT2D eigenvalue weighted by Gasteiger charge is 2.23. The van der Waals surface area contributed by atoms with E-state index in [0.717, 1.165) is 6.20 Å². The van der Waals surface area contributed by atoms with Gasteiger partial charge in [0.05, 0.1) is 23.1 Å². The molecule has 0 aromatic carbocycles. The zero-order valence-corrected chi connectivity index (χ0v) is 10.8. The number of aliphatic hydroxyl groups excluding tert-OH is 1. The van der Waals surface area contributed by atoms with E-state index in [-0.39, 0.29) is 11.6 Å². The van der Waals surface area contributed by atoms with Crippen LogP contribution in [0.25, 0.3) is 0 Å². The maximum absolute atomic E-state index is 13.6. The molecule has 2 rings (SSSR count). The average molecular weight is 270 g/mol. The second-order valence-electron chi connectivity index (χ2n) is 4.22. The summed E-state index contributed by atoms with van der Waals surface area (Å²) >= 11 is 6.00. The first kappa shape index (κ1) is 13.0. The third-order valence-corrected chi connectivity index (χ3v) is 2.92. The van der Waals surface area contributed by atoms with Crippen LogP contribution in [0.2, 0.25) is 5.02 Å². The number of rotatable bonds is 3. The van der Waals surface area contributed by atoms with Gasteiger partial charge in [-0.05, 0) is 19.9 Å². The highest BCUT2D eigenvalue weighted by atomic mass is 35.5. The smallest absolute Gasteiger partial charge is 0.147 e. The number of hydrogen-bond acceptors (Lipinski definition) is 3. The second-order valence-corrected chi connectivity index (χ2v) is 4.62. The summed E-state index contributed by atoms with van der Waals surface area (Å²) < 4.78 is 15.2. The Labute approximate surface area is 109 Å². The second kappa shape index (κ2) is 5.04. The molecule has 0 aliphatic carbocycles. The zero-order valence-electron chi connectivity index (χ0n) is 10.0. The summed E-state index contributed by atoms with van der Waals surface area (Å²) in [5.41, 5.74) is 0.520. The van der Waals surface area contributed by atoms with Gasteiger partial charge >= 0.3 is 0 Å². The fourth-order valence-corrected chi connectivity index (χ4v) is 2.01. The molecule has 1 atom stereocenters. The molecule has 0 bridgehead atoms. The maximum Gasteiger partial charge on any atom is 0.147 e. The largest absolute Gasteiger partial charge is 0.382 e. The minimum Gasteiger partial charge on any atom is -0.382 e. The molecule has 6 heteroatoms. The first-order chi connectivity index (χ1) is 8.52. The van der Waals surface area contributed by atoms with Crippen LogP contribution in [0, 0.1) is 5.82 Å². The minimum absolute atomic E-state index is 0.0204. The van der Waals surface area contributed by atoms with Crippen molar-refractivity contribution in [2.24, 2.45) is 0 Å². The van der Waals surface area contributed by atoms with Gasteiger partial charge in [-0.15, -0.1) is 0 Å². The van der Waals surface area contributed by atoms with Crippen molar-refractivity contribution in [3.8, 4) is 0 Å². The molecular weight excluding hydrogens is 257 g/mol. The van der Waals surface area contributed by atoms with Crippen molar-refractivity contribution in [2.75, 3.05) is 0 Å². The lowest BCUT2D eigenvalue weighted by atomic mass is 10.1. The molecule has 0 saturated carbocycles. The molecule has 2 heterocycles. The summed E-state index contributed by atoms with van der Waals surface area (Å²) in [4.78, 5) is 3.65. The van der Waals surface area contributed by atoms with Crippen molar-refractivity contribution in [3.63, 3.8) is 0 Å². The van der Waals surface area contributed by atoms with Crippen molar-refractivity contribution < 1.29 is 9.50 Å². The first-order valence-corrected chi connectivity index (χ1v) is 5.90. The van der Waals surface area contributed by atoms with Gasteiger partial charge in [-0.1, -0.05) is 11.6 Å². The Balaban J connectivity index is 2.49. The summed E-state index contributed by atoms with van der Waals surface area (Å²) in [6, 6.07) is 1.45. The SMILES string of the molecule is CC(C)n1ncc(Cl)c1C(O)c1ccncc1F. The normalized spacial score (nSPS) is 13.0. The molecule has 0 aliphatic heterocycles. The monoisotopic (exact) mass is 269 g/mol. The van der Waals surface area contributed by atoms with E-state index in [0.29, 0.717) is 10.7 Å². The molecule has 2 aromatic rings. The molecule has 0 saturated heterocycles. The summed E-state index contributed by atoms with van der Waals surface area (Å²) in [6.45, 7) is 3.81. The molecule has 18 heavy (non-hydrogen) atoms. The van der Waals surface area contributed by atoms with Gasteiger partial charge in [0.1, 0.15) is 11.9 Å². The highest BCUT2D eigenvalue weighted by molar-refractivity contribution is 6.31. The lowest BCUT2D eigenvalue weighted by molar-refractivity contribution is 0.200. The summed E-state index contributed by atoms with van der Waals surface area (Å²) in [5, 5.41) is 14.6. The van der Waals surface area contributed by atoms with Gasteiger partial charge < -0.3 is 5.11 Å². The number of halogens is 2. The van der Waals surface area contributed by atoms with E-state index < -0.39 is 11.9 Å². The first-order valence-electron chi connectivity index (χ1n) is 5.52. The van der Waals surface area contributed by atoms with Crippen LogP contribution in [0.3, 0.4) is 0 Å². The van der Waals surface area contributed by atoms with Crippen molar-refractivity contribution in [1.29, 1.82) is 0 Å². The molecule has 0 amide bonds. The quantitative estimate of drug-likeness (QED) is 0.932. The molecule has 96 valence electrons. The van der Waals surface area contributed by atoms with Crippen LogP contribution in [0.5, 0.6) is 0 Å². The van der Waals surface area contributed by atoms with Crippen LogP contribution in [-0.4, -0.2) is 19.9 Å². The van der Waals surface area contributed by atoms with Gasteiger partial charge in [-0.25, -0.2) is 4.39 Å². The maximum atomic E-state index is 13.6. The Morgan fingerprint density at radius 3 is 2.72 bits per heavy atom. The summed E-state index contributed by atoms with van der Waals surface area (Å²) in [7, 11) is 0. The predicted octanol–water partition coefficient (Wildman–Crippen LogP) is 2.73. The van der Waals surface area contributed by atoms with Crippen molar-refractivity contribution >= 4 is 11.6 Å². The van der Waals surface area contributed by atoms with Gasteiger partial charge in [-0.2, -0.15) is 5.10 Å². The highest BCUT2D eigenvalue weighted by Crippen LogP contribution is 2.30. The van der Waals surface area contributed by atoms with Crippen molar-refractivity contribution in [2.45, 2.75) is 26.0 Å². The van der Waals surface area contributed by atoms with E-state index in [9.17, 15) is 9.50 Å². The molecule has 1 unspecified atom stereocenters. The molecule has 2 aromatic heterocycles. The van der Waals surface area contributed by atoms with Crippen LogP contribution in [0.15, 0.2) is 24.7 Å². The lowest BCUT2D eigenvalue weighted by Gasteiger charge is -2.17. The van der Waals surface area contributed by atoms with Gasteiger partial charge in [-0.3, -0.25) is 9.67 Å². The number of hydrogen-bond donors (Lipinski definition) is 1. The third-order valence-electron chi connectivity index (χ3n) is 2.63. The number of pyridine rings is 1. The van der Waals surface area contributed by atoms with E-state index in [2.05, 4.69) is 10.1 Å². The Morgan fingerprint density at radius 1 is 1.39 bits per heavy atom. The van der Waals surface area contributed by atoms with Crippen LogP contribution in [0.4, 0.5) is 4.39 Å². The van der Waals surface area contributed by atoms with Gasteiger partial charge in [0, 0.05) is 17.8 Å². The molecule has 1 N–H and O–H groups in total. The number of aromatic nitrogens is 3. The number of nitrogens with zero attached hydrogens (tertiary/aromatic N) is 3. The van der Waals surface area contributed by atoms with E-state index in [1.165, 1.54) is 18.5 Å². The van der Waals surface area contributed by atoms with Gasteiger partial charge in [0.25, 0.3) is 0 Å². The minimum atomic E-state index is -1.16. The molecule has 0 fully saturated rings. The number of aliphatic hydroxyl groups is 1. The molecule has 0 spiro atoms. The summed E-state index contributed by atoms with van der Waals surface area (Å²) in [5.74, 6) is -0.572. The Hall–Kier alpha value is -1.46. The zero-order chi connectivity index (χ0) is 13.3. The van der Waals surface area contributed by atoms with E-state index >= 15 is 0 Å². The standard InChI is InChI=1S/C12H13ClFN3O/c1-7(2)17-11(9(13)5-16-17)12(18)8-3-4-15-6-10(8)14/h3-7,12,18H,1-2H3. The fourth-order valence-electron chi connectivity index (χ4n) is 1.77. The van der Waals surface area contributed by atoms with E-state index in [4.69, 9.17) is 11.6 Å². The molecule has 0 radical (unpaired) electrons. The lowest BCUT2D eigenvalue weighted by Crippen LogP contribution is -2.13. The molecule has 0 aliphatic rings. The van der Waals surface area contributed by atoms with Crippen LogP contribution < -0.4 is 0 Å². The van der Waals surface area contributed by atoms with Crippen LogP contribution in [0.1, 0.15) is 37.3 Å². The van der Waals surface area contributed by atoms with Crippen LogP contribution in [-0.2, 0) is 0 Å². The Kier molecular flexibility index (Phi) is 3.63. The summed E-state index contributed by atoms with van der Waals surface area (Å²) in [6.07, 6.45) is 2.76. The average Bonchev–Trinajstić information content (AvgIpc) is 2.71. The van der Waals surface area contributed by atoms with Gasteiger partial charge in [0.2, 0.25) is 0 Å². The molecule has 4 nitrogen and oxygen atoms in total. The van der Waals surface area contributed by atoms with E-state index in [1.807, 2.05) is 13.8 Å². The van der Waals surface area contributed by atoms with Crippen molar-refractivity contribution in [1.82, 2.24) is 14.8 Å². The van der Waals surface area contributed by atoms with E-state index in [1.54, 1.807) is 4.68 Å². The van der Waals surface area contributed by atoms with Gasteiger partial charge in [0.15, 0.2) is 0 Å². The topological polar surface area (TPSA) is 50.9 Å². The van der Waals surface area contributed by atoms with Crippen LogP contribution >= 0.6 is 11.6 Å².